The molecule has 0 radical (unpaired) electrons. The first-order chi connectivity index (χ1) is 11.3. The molecule has 1 aliphatic heterocycles. The largest absolute Gasteiger partial charge is 0.331 e. The maximum absolute atomic E-state index is 12.7. The van der Waals surface area contributed by atoms with Crippen LogP contribution >= 0.6 is 0 Å². The molecule has 0 spiro atoms. The Hall–Kier alpha value is -2.87. The summed E-state index contributed by atoms with van der Waals surface area (Å²) in [7, 11) is 0. The van der Waals surface area contributed by atoms with Crippen molar-refractivity contribution in [3.05, 3.63) is 89.5 Å². The fourth-order valence-corrected chi connectivity index (χ4v) is 3.16. The predicted octanol–water partition coefficient (Wildman–Crippen LogP) is 4.51. The molecule has 0 unspecified atom stereocenters. The van der Waals surface area contributed by atoms with E-state index >= 15 is 0 Å². The molecule has 2 heteroatoms. The first kappa shape index (κ1) is 13.8. The second-order valence-corrected chi connectivity index (χ2v) is 5.82. The van der Waals surface area contributed by atoms with Gasteiger partial charge in [-0.3, -0.25) is 4.79 Å². The molecular weight excluding hydrogens is 282 g/mol. The summed E-state index contributed by atoms with van der Waals surface area (Å²) in [5.41, 5.74) is 3.15. The van der Waals surface area contributed by atoms with Crippen LogP contribution in [0.15, 0.2) is 72.8 Å². The minimum atomic E-state index is 0.134. The van der Waals surface area contributed by atoms with Gasteiger partial charge < -0.3 is 4.90 Å². The average Bonchev–Trinajstić information content (AvgIpc) is 2.92. The topological polar surface area (TPSA) is 20.3 Å². The van der Waals surface area contributed by atoms with Gasteiger partial charge in [0.1, 0.15) is 0 Å². The van der Waals surface area contributed by atoms with Gasteiger partial charge in [-0.2, -0.15) is 0 Å². The van der Waals surface area contributed by atoms with Crippen LogP contribution in [0.2, 0.25) is 0 Å². The van der Waals surface area contributed by atoms with Gasteiger partial charge in [0.2, 0.25) is 0 Å². The Labute approximate surface area is 135 Å². The van der Waals surface area contributed by atoms with E-state index in [-0.39, 0.29) is 5.91 Å². The smallest absolute Gasteiger partial charge is 0.255 e. The Bertz CT molecular complexity index is 896. The molecule has 0 fully saturated rings. The van der Waals surface area contributed by atoms with Gasteiger partial charge in [-0.25, -0.2) is 0 Å². The first-order valence-corrected chi connectivity index (χ1v) is 7.84. The van der Waals surface area contributed by atoms with Crippen molar-refractivity contribution in [3.63, 3.8) is 0 Å². The van der Waals surface area contributed by atoms with Crippen molar-refractivity contribution in [1.29, 1.82) is 0 Å². The van der Waals surface area contributed by atoms with Crippen molar-refractivity contribution in [1.82, 2.24) is 4.90 Å². The van der Waals surface area contributed by atoms with E-state index in [0.717, 1.165) is 27.5 Å². The molecule has 2 nitrogen and oxygen atoms in total. The molecule has 0 aliphatic carbocycles. The fourth-order valence-electron chi connectivity index (χ4n) is 3.16. The van der Waals surface area contributed by atoms with Crippen LogP contribution in [-0.2, 0) is 6.54 Å². The summed E-state index contributed by atoms with van der Waals surface area (Å²) in [6.45, 7) is 1.33. The summed E-state index contributed by atoms with van der Waals surface area (Å²) < 4.78 is 0. The van der Waals surface area contributed by atoms with Gasteiger partial charge in [-0.05, 0) is 21.9 Å². The standard InChI is InChI=1S/C21H17NO/c23-21-20-18(13-12-17-10-4-5-11-19(17)20)15-22(21)14-6-9-16-7-2-1-3-8-16/h1-13H,14-15H2/b9-6-. The Morgan fingerprint density at radius 3 is 2.57 bits per heavy atom. The lowest BCUT2D eigenvalue weighted by Gasteiger charge is -2.12. The highest BCUT2D eigenvalue weighted by molar-refractivity contribution is 6.10. The van der Waals surface area contributed by atoms with E-state index in [9.17, 15) is 4.79 Å². The quantitative estimate of drug-likeness (QED) is 0.697. The van der Waals surface area contributed by atoms with Crippen LogP contribution in [0.4, 0.5) is 0 Å². The number of fused-ring (bicyclic) bond motifs is 3. The number of rotatable bonds is 3. The Morgan fingerprint density at radius 2 is 1.70 bits per heavy atom. The molecule has 3 aromatic carbocycles. The maximum atomic E-state index is 12.7. The van der Waals surface area contributed by atoms with E-state index in [0.29, 0.717) is 13.1 Å². The molecule has 0 atom stereocenters. The minimum absolute atomic E-state index is 0.134. The highest BCUT2D eigenvalue weighted by atomic mass is 16.2. The molecule has 0 N–H and O–H groups in total. The lowest BCUT2D eigenvalue weighted by molar-refractivity contribution is 0.0798. The van der Waals surface area contributed by atoms with E-state index in [1.54, 1.807) is 0 Å². The predicted molar refractivity (Wildman–Crippen MR) is 94.2 cm³/mol. The van der Waals surface area contributed by atoms with E-state index in [1.807, 2.05) is 41.3 Å². The summed E-state index contributed by atoms with van der Waals surface area (Å²) in [6, 6.07) is 22.4. The van der Waals surface area contributed by atoms with Gasteiger partial charge >= 0.3 is 0 Å². The molecule has 0 saturated carbocycles. The molecule has 1 amide bonds. The Morgan fingerprint density at radius 1 is 0.913 bits per heavy atom. The third kappa shape index (κ3) is 2.53. The second-order valence-electron chi connectivity index (χ2n) is 5.82. The third-order valence-corrected chi connectivity index (χ3v) is 4.31. The summed E-state index contributed by atoms with van der Waals surface area (Å²) in [6.07, 6.45) is 4.12. The van der Waals surface area contributed by atoms with Gasteiger partial charge in [0, 0.05) is 13.1 Å². The number of carbonyl (C=O) groups is 1. The van der Waals surface area contributed by atoms with Crippen molar-refractivity contribution >= 4 is 22.8 Å². The number of hydrogen-bond donors (Lipinski definition) is 0. The highest BCUT2D eigenvalue weighted by Crippen LogP contribution is 2.30. The van der Waals surface area contributed by atoms with Crippen LogP contribution in [0, 0.1) is 0 Å². The number of benzene rings is 3. The average molecular weight is 299 g/mol. The van der Waals surface area contributed by atoms with Crippen molar-refractivity contribution in [2.45, 2.75) is 6.54 Å². The molecule has 0 aromatic heterocycles. The van der Waals surface area contributed by atoms with Gasteiger partial charge in [0.05, 0.1) is 5.56 Å². The number of carbonyl (C=O) groups excluding carboxylic acids is 1. The number of amides is 1. The molecule has 3 aromatic rings. The second kappa shape index (κ2) is 5.73. The molecule has 0 bridgehead atoms. The fraction of sp³-hybridized carbons (Fsp3) is 0.0952. The Kier molecular flexibility index (Phi) is 3.43. The zero-order valence-corrected chi connectivity index (χ0v) is 12.8. The third-order valence-electron chi connectivity index (χ3n) is 4.31. The zero-order chi connectivity index (χ0) is 15.6. The number of nitrogens with zero attached hydrogens (tertiary/aromatic N) is 1. The van der Waals surface area contributed by atoms with Crippen molar-refractivity contribution in [3.8, 4) is 0 Å². The first-order valence-electron chi connectivity index (χ1n) is 7.84. The highest BCUT2D eigenvalue weighted by Gasteiger charge is 2.28. The molecule has 23 heavy (non-hydrogen) atoms. The van der Waals surface area contributed by atoms with Gasteiger partial charge in [-0.1, -0.05) is 78.9 Å². The van der Waals surface area contributed by atoms with E-state index in [2.05, 4.69) is 42.5 Å². The lowest BCUT2D eigenvalue weighted by Crippen LogP contribution is -2.23. The number of hydrogen-bond acceptors (Lipinski definition) is 1. The SMILES string of the molecule is O=C1c2c(ccc3ccccc23)CN1C/C=C\c1ccccc1. The molecule has 1 aliphatic rings. The monoisotopic (exact) mass is 299 g/mol. The minimum Gasteiger partial charge on any atom is -0.331 e. The summed E-state index contributed by atoms with van der Waals surface area (Å²) >= 11 is 0. The van der Waals surface area contributed by atoms with Crippen molar-refractivity contribution < 1.29 is 4.79 Å². The van der Waals surface area contributed by atoms with Crippen LogP contribution in [-0.4, -0.2) is 17.4 Å². The Balaban J connectivity index is 1.58. The van der Waals surface area contributed by atoms with Gasteiger partial charge in [-0.15, -0.1) is 0 Å². The van der Waals surface area contributed by atoms with Crippen LogP contribution in [0.25, 0.3) is 16.8 Å². The van der Waals surface area contributed by atoms with Crippen molar-refractivity contribution in [2.75, 3.05) is 6.54 Å². The van der Waals surface area contributed by atoms with Crippen LogP contribution in [0.3, 0.4) is 0 Å². The maximum Gasteiger partial charge on any atom is 0.255 e. The van der Waals surface area contributed by atoms with Gasteiger partial charge in [0.25, 0.3) is 5.91 Å². The van der Waals surface area contributed by atoms with Crippen LogP contribution in [0.5, 0.6) is 0 Å². The van der Waals surface area contributed by atoms with E-state index in [1.165, 1.54) is 0 Å². The normalized spacial score (nSPS) is 13.9. The lowest BCUT2D eigenvalue weighted by atomic mass is 10.0. The van der Waals surface area contributed by atoms with Gasteiger partial charge in [0.15, 0.2) is 0 Å². The summed E-state index contributed by atoms with van der Waals surface area (Å²) in [4.78, 5) is 14.6. The molecule has 0 saturated heterocycles. The molecule has 112 valence electrons. The molecular formula is C21H17NO. The van der Waals surface area contributed by atoms with Crippen molar-refractivity contribution in [2.24, 2.45) is 0 Å². The molecule has 1 heterocycles. The summed E-state index contributed by atoms with van der Waals surface area (Å²) in [5, 5.41) is 2.19. The summed E-state index contributed by atoms with van der Waals surface area (Å²) in [5.74, 6) is 0.134. The zero-order valence-electron chi connectivity index (χ0n) is 12.8. The van der Waals surface area contributed by atoms with E-state index in [4.69, 9.17) is 0 Å². The van der Waals surface area contributed by atoms with Crippen LogP contribution < -0.4 is 0 Å². The van der Waals surface area contributed by atoms with E-state index < -0.39 is 0 Å². The molecule has 4 rings (SSSR count). The van der Waals surface area contributed by atoms with Crippen LogP contribution in [0.1, 0.15) is 21.5 Å².